The number of nitrogens with zero attached hydrogens (tertiary/aromatic N) is 3. The van der Waals surface area contributed by atoms with Crippen molar-refractivity contribution in [3.8, 4) is 5.75 Å². The van der Waals surface area contributed by atoms with Crippen LogP contribution in [0.3, 0.4) is 0 Å². The summed E-state index contributed by atoms with van der Waals surface area (Å²) in [7, 11) is 0. The third kappa shape index (κ3) is 4.80. The molecule has 7 nitrogen and oxygen atoms in total. The predicted octanol–water partition coefficient (Wildman–Crippen LogP) is 4.58. The number of carbonyl (C=O) groups excluding carboxylic acids is 1. The number of aromatic hydroxyl groups is 1. The lowest BCUT2D eigenvalue weighted by atomic mass is 10.1. The van der Waals surface area contributed by atoms with Gasteiger partial charge in [0.05, 0.1) is 16.4 Å². The van der Waals surface area contributed by atoms with Crippen LogP contribution < -0.4 is 11.1 Å². The second kappa shape index (κ2) is 9.79. The molecule has 0 aliphatic heterocycles. The number of alkyl halides is 1. The zero-order valence-corrected chi connectivity index (χ0v) is 20.4. The number of nitrogens with two attached hydrogens (primary N) is 1. The van der Waals surface area contributed by atoms with Crippen molar-refractivity contribution in [3.63, 3.8) is 0 Å². The maximum atomic E-state index is 11.7. The standard InChI is InChI=1S/C25H28BrN5O2/c1-3-4-5-21-30-23-24(31(21)14-17-7-9-20(32)15(2)10-17)18-11-16(13-28-22(33)12-26)6-8-19(18)29-25(23)27/h6-11,32H,3-5,12-14H2,1-2H3,(H2,27,29)(H,28,33). The first-order valence-electron chi connectivity index (χ1n) is 11.1. The number of halogens is 1. The Labute approximate surface area is 201 Å². The molecule has 0 unspecified atom stereocenters. The highest BCUT2D eigenvalue weighted by molar-refractivity contribution is 9.09. The Morgan fingerprint density at radius 1 is 1.18 bits per heavy atom. The van der Waals surface area contributed by atoms with Gasteiger partial charge in [-0.05, 0) is 48.2 Å². The molecule has 1 amide bonds. The summed E-state index contributed by atoms with van der Waals surface area (Å²) in [6.45, 7) is 5.10. The molecule has 8 heteroatoms. The molecule has 0 radical (unpaired) electrons. The van der Waals surface area contributed by atoms with Crippen LogP contribution in [0.15, 0.2) is 36.4 Å². The number of phenols is 1. The van der Waals surface area contributed by atoms with Crippen LogP contribution in [0.2, 0.25) is 0 Å². The van der Waals surface area contributed by atoms with Crippen LogP contribution in [-0.2, 0) is 24.3 Å². The highest BCUT2D eigenvalue weighted by Gasteiger charge is 2.18. The molecule has 4 aromatic rings. The average Bonchev–Trinajstić information content (AvgIpc) is 3.17. The van der Waals surface area contributed by atoms with Crippen molar-refractivity contribution in [1.82, 2.24) is 19.9 Å². The maximum absolute atomic E-state index is 11.7. The summed E-state index contributed by atoms with van der Waals surface area (Å²) in [5.74, 6) is 1.60. The molecule has 2 heterocycles. The van der Waals surface area contributed by atoms with E-state index in [1.54, 1.807) is 6.07 Å². The molecule has 2 aromatic carbocycles. The van der Waals surface area contributed by atoms with E-state index in [-0.39, 0.29) is 17.0 Å². The zero-order chi connectivity index (χ0) is 23.5. The number of aromatic nitrogens is 3. The molecule has 172 valence electrons. The number of rotatable bonds is 8. The Bertz CT molecular complexity index is 1330. The number of anilines is 1. The molecule has 0 saturated carbocycles. The third-order valence-corrected chi connectivity index (χ3v) is 6.32. The van der Waals surface area contributed by atoms with Gasteiger partial charge in [0.2, 0.25) is 5.91 Å². The van der Waals surface area contributed by atoms with E-state index in [1.807, 2.05) is 31.2 Å². The lowest BCUT2D eigenvalue weighted by Crippen LogP contribution is -2.23. The molecule has 33 heavy (non-hydrogen) atoms. The number of unbranched alkanes of at least 4 members (excludes halogenated alkanes) is 1. The number of nitrogen functional groups attached to an aromatic ring is 1. The lowest BCUT2D eigenvalue weighted by Gasteiger charge is -2.13. The first-order valence-corrected chi connectivity index (χ1v) is 12.2. The van der Waals surface area contributed by atoms with Gasteiger partial charge in [-0.3, -0.25) is 4.79 Å². The lowest BCUT2D eigenvalue weighted by molar-refractivity contribution is -0.118. The number of fused-ring (bicyclic) bond motifs is 3. The number of imidazole rings is 1. The van der Waals surface area contributed by atoms with Gasteiger partial charge < -0.3 is 20.7 Å². The van der Waals surface area contributed by atoms with Crippen LogP contribution in [0.1, 0.15) is 42.3 Å². The first kappa shape index (κ1) is 23.0. The molecule has 0 atom stereocenters. The number of hydrogen-bond donors (Lipinski definition) is 3. The second-order valence-corrected chi connectivity index (χ2v) is 8.86. The van der Waals surface area contributed by atoms with Crippen molar-refractivity contribution in [2.24, 2.45) is 0 Å². The third-order valence-electron chi connectivity index (χ3n) is 5.81. The second-order valence-electron chi connectivity index (χ2n) is 8.29. The van der Waals surface area contributed by atoms with E-state index in [0.717, 1.165) is 58.2 Å². The van der Waals surface area contributed by atoms with Crippen LogP contribution in [-0.4, -0.2) is 30.9 Å². The molecule has 4 rings (SSSR count). The minimum absolute atomic E-state index is 0.0646. The minimum Gasteiger partial charge on any atom is -0.508 e. The van der Waals surface area contributed by atoms with Gasteiger partial charge in [-0.25, -0.2) is 9.97 Å². The van der Waals surface area contributed by atoms with Crippen molar-refractivity contribution in [2.45, 2.75) is 46.2 Å². The Morgan fingerprint density at radius 3 is 2.70 bits per heavy atom. The van der Waals surface area contributed by atoms with E-state index in [0.29, 0.717) is 24.4 Å². The summed E-state index contributed by atoms with van der Waals surface area (Å²) < 4.78 is 2.22. The first-order chi connectivity index (χ1) is 15.9. The van der Waals surface area contributed by atoms with Crippen LogP contribution in [0.4, 0.5) is 5.82 Å². The molecule has 0 saturated heterocycles. The van der Waals surface area contributed by atoms with Gasteiger partial charge in [0.1, 0.15) is 17.1 Å². The molecule has 0 fully saturated rings. The Kier molecular flexibility index (Phi) is 6.83. The average molecular weight is 510 g/mol. The van der Waals surface area contributed by atoms with Crippen molar-refractivity contribution >= 4 is 49.6 Å². The van der Waals surface area contributed by atoms with Crippen LogP contribution >= 0.6 is 15.9 Å². The number of phenolic OH excluding ortho intramolecular Hbond substituents is 1. The normalized spacial score (nSPS) is 11.4. The van der Waals surface area contributed by atoms with E-state index in [2.05, 4.69) is 43.8 Å². The van der Waals surface area contributed by atoms with Gasteiger partial charge in [0, 0.05) is 24.9 Å². The van der Waals surface area contributed by atoms with Crippen LogP contribution in [0.25, 0.3) is 21.9 Å². The molecular weight excluding hydrogens is 482 g/mol. The number of benzene rings is 2. The number of amides is 1. The molecule has 0 bridgehead atoms. The fourth-order valence-electron chi connectivity index (χ4n) is 4.06. The number of pyridine rings is 1. The molecule has 4 N–H and O–H groups in total. The van der Waals surface area contributed by atoms with Gasteiger partial charge in [0.15, 0.2) is 5.82 Å². The minimum atomic E-state index is -0.0646. The Balaban J connectivity index is 1.89. The van der Waals surface area contributed by atoms with Gasteiger partial charge in [0.25, 0.3) is 0 Å². The fourth-order valence-corrected chi connectivity index (χ4v) is 4.25. The molecule has 0 spiro atoms. The van der Waals surface area contributed by atoms with Gasteiger partial charge in [-0.15, -0.1) is 0 Å². The highest BCUT2D eigenvalue weighted by Crippen LogP contribution is 2.31. The van der Waals surface area contributed by atoms with E-state index in [1.165, 1.54) is 0 Å². The summed E-state index contributed by atoms with van der Waals surface area (Å²) in [4.78, 5) is 21.2. The summed E-state index contributed by atoms with van der Waals surface area (Å²) in [6, 6.07) is 11.6. The number of carbonyl (C=O) groups is 1. The van der Waals surface area contributed by atoms with Crippen molar-refractivity contribution in [3.05, 3.63) is 58.9 Å². The quantitative estimate of drug-likeness (QED) is 0.301. The number of hydrogen-bond acceptors (Lipinski definition) is 5. The van der Waals surface area contributed by atoms with Crippen molar-refractivity contribution in [1.29, 1.82) is 0 Å². The highest BCUT2D eigenvalue weighted by atomic mass is 79.9. The van der Waals surface area contributed by atoms with Gasteiger partial charge >= 0.3 is 0 Å². The predicted molar refractivity (Wildman–Crippen MR) is 136 cm³/mol. The fraction of sp³-hybridized carbons (Fsp3) is 0.320. The van der Waals surface area contributed by atoms with E-state index in [9.17, 15) is 9.90 Å². The summed E-state index contributed by atoms with van der Waals surface area (Å²) >= 11 is 3.18. The van der Waals surface area contributed by atoms with Crippen LogP contribution in [0, 0.1) is 6.92 Å². The summed E-state index contributed by atoms with van der Waals surface area (Å²) in [5, 5.41) is 14.1. The smallest absolute Gasteiger partial charge is 0.230 e. The topological polar surface area (TPSA) is 106 Å². The van der Waals surface area contributed by atoms with Crippen molar-refractivity contribution < 1.29 is 9.90 Å². The molecular formula is C25H28BrN5O2. The van der Waals surface area contributed by atoms with E-state index in [4.69, 9.17) is 10.7 Å². The SMILES string of the molecule is CCCCc1nc2c(N)nc3ccc(CNC(=O)CBr)cc3c2n1Cc1ccc(O)c(C)c1. The molecule has 0 aliphatic rings. The summed E-state index contributed by atoms with van der Waals surface area (Å²) in [5.41, 5.74) is 11.7. The van der Waals surface area contributed by atoms with Crippen molar-refractivity contribution in [2.75, 3.05) is 11.1 Å². The maximum Gasteiger partial charge on any atom is 0.230 e. The van der Waals surface area contributed by atoms with Gasteiger partial charge in [-0.2, -0.15) is 0 Å². The summed E-state index contributed by atoms with van der Waals surface area (Å²) in [6.07, 6.45) is 2.92. The largest absolute Gasteiger partial charge is 0.508 e. The van der Waals surface area contributed by atoms with E-state index >= 15 is 0 Å². The Hall–Kier alpha value is -3.13. The number of aryl methyl sites for hydroxylation is 2. The molecule has 0 aliphatic carbocycles. The monoisotopic (exact) mass is 509 g/mol. The zero-order valence-electron chi connectivity index (χ0n) is 18.9. The van der Waals surface area contributed by atoms with E-state index < -0.39 is 0 Å². The van der Waals surface area contributed by atoms with Gasteiger partial charge in [-0.1, -0.05) is 47.5 Å². The van der Waals surface area contributed by atoms with Crippen LogP contribution in [0.5, 0.6) is 5.75 Å². The Morgan fingerprint density at radius 2 is 1.97 bits per heavy atom. The number of nitrogens with one attached hydrogen (secondary N) is 1. The molecule has 2 aromatic heterocycles.